The molecule has 5 nitrogen and oxygen atoms in total. The summed E-state index contributed by atoms with van der Waals surface area (Å²) in [6.07, 6.45) is 9.56. The van der Waals surface area contributed by atoms with Crippen molar-refractivity contribution in [2.45, 2.75) is 112 Å². The smallest absolute Gasteiger partial charge is 0.309 e. The number of unbranched alkanes of at least 4 members (excludes halogenated alkanes) is 1. The summed E-state index contributed by atoms with van der Waals surface area (Å²) in [4.78, 5) is 39.7. The summed E-state index contributed by atoms with van der Waals surface area (Å²) in [7, 11) is 0. The molecule has 3 aliphatic carbocycles. The topological polar surface area (TPSA) is 69.7 Å². The molecule has 35 heavy (non-hydrogen) atoms. The van der Waals surface area contributed by atoms with E-state index in [1.807, 2.05) is 20.8 Å². The van der Waals surface area contributed by atoms with Crippen LogP contribution in [0, 0.1) is 35.0 Å². The maximum Gasteiger partial charge on any atom is 0.309 e. The van der Waals surface area contributed by atoms with Crippen LogP contribution in [0.5, 0.6) is 0 Å². The Balaban J connectivity index is 2.03. The normalized spacial score (nSPS) is 37.9. The third-order valence-electron chi connectivity index (χ3n) is 9.01. The van der Waals surface area contributed by atoms with Gasteiger partial charge in [-0.2, -0.15) is 0 Å². The van der Waals surface area contributed by atoms with E-state index in [0.29, 0.717) is 23.8 Å². The van der Waals surface area contributed by atoms with Gasteiger partial charge in [0.2, 0.25) is 5.78 Å². The number of esters is 2. The molecule has 0 heterocycles. The first-order chi connectivity index (χ1) is 16.4. The Kier molecular flexibility index (Phi) is 8.38. The fourth-order valence-corrected chi connectivity index (χ4v) is 6.72. The van der Waals surface area contributed by atoms with Crippen molar-refractivity contribution in [1.82, 2.24) is 0 Å². The van der Waals surface area contributed by atoms with E-state index in [1.165, 1.54) is 6.92 Å². The molecule has 5 heteroatoms. The van der Waals surface area contributed by atoms with Crippen molar-refractivity contribution >= 4 is 17.7 Å². The maximum absolute atomic E-state index is 14.1. The van der Waals surface area contributed by atoms with Gasteiger partial charge in [0.1, 0.15) is 6.10 Å². The van der Waals surface area contributed by atoms with Crippen molar-refractivity contribution in [2.24, 2.45) is 35.0 Å². The Bertz CT molecular complexity index is 896. The van der Waals surface area contributed by atoms with Crippen LogP contribution in [0.4, 0.5) is 0 Å². The number of rotatable bonds is 7. The lowest BCUT2D eigenvalue weighted by atomic mass is 9.81. The number of ether oxygens (including phenoxy) is 2. The molecular weight excluding hydrogens is 440 g/mol. The molecule has 7 atom stereocenters. The minimum absolute atomic E-state index is 0.110. The van der Waals surface area contributed by atoms with Crippen LogP contribution in [0.2, 0.25) is 0 Å². The van der Waals surface area contributed by atoms with E-state index >= 15 is 0 Å². The van der Waals surface area contributed by atoms with Gasteiger partial charge in [0.15, 0.2) is 5.60 Å². The molecule has 3 aliphatic rings. The largest absolute Gasteiger partial charge is 0.461 e. The van der Waals surface area contributed by atoms with Gasteiger partial charge in [-0.25, -0.2) is 0 Å². The highest BCUT2D eigenvalue weighted by Crippen LogP contribution is 2.62. The number of fused-ring (bicyclic) bond motifs is 2. The standard InChI is InChI=1S/C30H46O5/c1-9-11-12-22(10-2)28(33)34-26-20(5)17-30(35-21(6)31)25(26)15-18(3)13-14-23-24(29(23,7)8)16-19(4)27(30)32/h15-16,20,22-26H,9-14,17H2,1-8H3/b18-15-,19-16+/t20-,22?,23-,24+,25-,26-,30+/m0/s1. The molecule has 0 saturated heterocycles. The minimum atomic E-state index is -1.35. The first kappa shape index (κ1) is 27.7. The molecule has 0 aromatic rings. The van der Waals surface area contributed by atoms with Gasteiger partial charge in [0, 0.05) is 13.3 Å². The maximum atomic E-state index is 14.1. The van der Waals surface area contributed by atoms with Gasteiger partial charge in [-0.3, -0.25) is 14.4 Å². The van der Waals surface area contributed by atoms with Crippen LogP contribution in [0.3, 0.4) is 0 Å². The first-order valence-corrected chi connectivity index (χ1v) is 13.7. The van der Waals surface area contributed by atoms with Crippen molar-refractivity contribution in [1.29, 1.82) is 0 Å². The predicted molar refractivity (Wildman–Crippen MR) is 137 cm³/mol. The summed E-state index contributed by atoms with van der Waals surface area (Å²) in [5.74, 6) is -0.684. The lowest BCUT2D eigenvalue weighted by Crippen LogP contribution is -2.49. The average Bonchev–Trinajstić information content (AvgIpc) is 3.19. The number of carbonyl (C=O) groups is 3. The lowest BCUT2D eigenvalue weighted by molar-refractivity contribution is -0.171. The van der Waals surface area contributed by atoms with Crippen LogP contribution in [0.25, 0.3) is 0 Å². The second-order valence-electron chi connectivity index (χ2n) is 12.0. The van der Waals surface area contributed by atoms with Gasteiger partial charge in [0.05, 0.1) is 11.8 Å². The van der Waals surface area contributed by atoms with Crippen molar-refractivity contribution in [2.75, 3.05) is 0 Å². The molecule has 0 aliphatic heterocycles. The summed E-state index contributed by atoms with van der Waals surface area (Å²) in [6.45, 7) is 16.0. The third-order valence-corrected chi connectivity index (χ3v) is 9.01. The molecule has 2 saturated carbocycles. The zero-order valence-corrected chi connectivity index (χ0v) is 23.1. The quantitative estimate of drug-likeness (QED) is 0.299. The monoisotopic (exact) mass is 486 g/mol. The fourth-order valence-electron chi connectivity index (χ4n) is 6.72. The van der Waals surface area contributed by atoms with Gasteiger partial charge in [0.25, 0.3) is 0 Å². The highest BCUT2D eigenvalue weighted by atomic mass is 16.6. The number of allylic oxidation sites excluding steroid dienone is 2. The van der Waals surface area contributed by atoms with Crippen LogP contribution < -0.4 is 0 Å². The van der Waals surface area contributed by atoms with Crippen molar-refractivity contribution in [3.63, 3.8) is 0 Å². The van der Waals surface area contributed by atoms with Crippen LogP contribution in [-0.4, -0.2) is 29.4 Å². The van der Waals surface area contributed by atoms with E-state index < -0.39 is 23.6 Å². The van der Waals surface area contributed by atoms with Crippen molar-refractivity contribution in [3.05, 3.63) is 23.3 Å². The number of hydrogen-bond donors (Lipinski definition) is 0. The second-order valence-corrected chi connectivity index (χ2v) is 12.0. The van der Waals surface area contributed by atoms with E-state index in [4.69, 9.17) is 9.47 Å². The van der Waals surface area contributed by atoms with Gasteiger partial charge in [-0.15, -0.1) is 0 Å². The molecule has 0 N–H and O–H groups in total. The fraction of sp³-hybridized carbons (Fsp3) is 0.767. The lowest BCUT2D eigenvalue weighted by Gasteiger charge is -2.34. The third kappa shape index (κ3) is 5.44. The van der Waals surface area contributed by atoms with Crippen LogP contribution in [0.15, 0.2) is 23.3 Å². The molecule has 0 radical (unpaired) electrons. The Hall–Kier alpha value is -1.91. The SMILES string of the molecule is CCCCC(CC)C(=O)O[C@H]1[C@@H](C)C[C@]2(OC(C)=O)C(=O)/C(C)=C/[C@@H]3[C@H](CC/C(C)=C\[C@@H]12)C3(C)C. The summed E-state index contributed by atoms with van der Waals surface area (Å²) < 4.78 is 12.2. The van der Waals surface area contributed by atoms with Crippen LogP contribution in [-0.2, 0) is 23.9 Å². The zero-order valence-electron chi connectivity index (χ0n) is 23.1. The summed E-state index contributed by atoms with van der Waals surface area (Å²) >= 11 is 0. The summed E-state index contributed by atoms with van der Waals surface area (Å²) in [5, 5.41) is 0. The summed E-state index contributed by atoms with van der Waals surface area (Å²) in [6, 6.07) is 0. The predicted octanol–water partition coefficient (Wildman–Crippen LogP) is 6.60. The molecule has 2 fully saturated rings. The van der Waals surface area contributed by atoms with E-state index in [1.54, 1.807) is 0 Å². The Labute approximate surface area is 212 Å². The molecule has 0 spiro atoms. The van der Waals surface area contributed by atoms with Crippen LogP contribution >= 0.6 is 0 Å². The van der Waals surface area contributed by atoms with E-state index in [2.05, 4.69) is 39.8 Å². The molecule has 1 unspecified atom stereocenters. The van der Waals surface area contributed by atoms with Gasteiger partial charge >= 0.3 is 11.9 Å². The molecule has 0 bridgehead atoms. The molecular formula is C30H46O5. The van der Waals surface area contributed by atoms with Crippen LogP contribution in [0.1, 0.15) is 100 Å². The summed E-state index contributed by atoms with van der Waals surface area (Å²) in [5.41, 5.74) is 0.637. The zero-order chi connectivity index (χ0) is 26.1. The molecule has 0 amide bonds. The number of ketones is 1. The van der Waals surface area contributed by atoms with Gasteiger partial charge in [-0.1, -0.05) is 65.2 Å². The van der Waals surface area contributed by atoms with Crippen molar-refractivity contribution in [3.8, 4) is 0 Å². The first-order valence-electron chi connectivity index (χ1n) is 13.7. The molecule has 196 valence electrons. The van der Waals surface area contributed by atoms with E-state index in [-0.39, 0.29) is 29.0 Å². The highest BCUT2D eigenvalue weighted by Gasteiger charge is 2.61. The molecule has 0 aromatic heterocycles. The number of hydrogen-bond acceptors (Lipinski definition) is 5. The minimum Gasteiger partial charge on any atom is -0.461 e. The second kappa shape index (κ2) is 10.6. The number of carbonyl (C=O) groups excluding carboxylic acids is 3. The molecule has 0 aromatic carbocycles. The van der Waals surface area contributed by atoms with E-state index in [9.17, 15) is 14.4 Å². The Morgan fingerprint density at radius 1 is 1.14 bits per heavy atom. The van der Waals surface area contributed by atoms with Gasteiger partial charge < -0.3 is 9.47 Å². The number of Topliss-reactive ketones (excluding diaryl/α,β-unsaturated/α-hetero) is 1. The Morgan fingerprint density at radius 2 is 1.83 bits per heavy atom. The van der Waals surface area contributed by atoms with Crippen molar-refractivity contribution < 1.29 is 23.9 Å². The molecule has 3 rings (SSSR count). The Morgan fingerprint density at radius 3 is 2.43 bits per heavy atom. The van der Waals surface area contributed by atoms with E-state index in [0.717, 1.165) is 44.1 Å². The highest BCUT2D eigenvalue weighted by molar-refractivity contribution is 6.03. The average molecular weight is 487 g/mol. The van der Waals surface area contributed by atoms with Gasteiger partial charge in [-0.05, 0) is 68.3 Å².